The lowest BCUT2D eigenvalue weighted by molar-refractivity contribution is -0.131. The molecule has 1 N–H and O–H groups in total. The van der Waals surface area contributed by atoms with Crippen molar-refractivity contribution in [2.45, 2.75) is 6.92 Å². The molecule has 0 aliphatic carbocycles. The Bertz CT molecular complexity index is 988. The number of hydrogen-bond donors (Lipinski definition) is 1. The third-order valence-electron chi connectivity index (χ3n) is 4.03. The Kier molecular flexibility index (Phi) is 6.37. The topological polar surface area (TPSA) is 85.7 Å². The molecule has 0 fully saturated rings. The van der Waals surface area contributed by atoms with Crippen molar-refractivity contribution in [1.82, 2.24) is 4.98 Å². The molecular formula is C23H19NO5. The fraction of sp³-hybridized carbons (Fsp3) is 0.0870. The molecule has 0 aliphatic rings. The summed E-state index contributed by atoms with van der Waals surface area (Å²) in [6.07, 6.45) is 5.41. The highest BCUT2D eigenvalue weighted by Crippen LogP contribution is 2.26. The van der Waals surface area contributed by atoms with Gasteiger partial charge in [-0.25, -0.2) is 4.79 Å². The predicted molar refractivity (Wildman–Crippen MR) is 108 cm³/mol. The quantitative estimate of drug-likeness (QED) is 0.481. The zero-order chi connectivity index (χ0) is 20.6. The van der Waals surface area contributed by atoms with Gasteiger partial charge in [0.25, 0.3) is 0 Å². The highest BCUT2D eigenvalue weighted by Gasteiger charge is 2.14. The van der Waals surface area contributed by atoms with E-state index in [1.165, 1.54) is 25.1 Å². The summed E-state index contributed by atoms with van der Waals surface area (Å²) >= 11 is 0. The molecule has 0 saturated heterocycles. The number of esters is 1. The van der Waals surface area contributed by atoms with Crippen LogP contribution in [-0.2, 0) is 4.79 Å². The Hall–Kier alpha value is -3.93. The van der Waals surface area contributed by atoms with Gasteiger partial charge < -0.3 is 14.6 Å². The molecule has 0 spiro atoms. The molecule has 0 unspecified atom stereocenters. The number of nitrogens with zero attached hydrogens (tertiary/aromatic N) is 1. The summed E-state index contributed by atoms with van der Waals surface area (Å²) in [4.78, 5) is 26.7. The Morgan fingerprint density at radius 2 is 1.79 bits per heavy atom. The molecule has 3 rings (SSSR count). The zero-order valence-corrected chi connectivity index (χ0v) is 15.7. The van der Waals surface area contributed by atoms with Gasteiger partial charge in [0.05, 0.1) is 0 Å². The van der Waals surface area contributed by atoms with Crippen LogP contribution >= 0.6 is 0 Å². The fourth-order valence-electron chi connectivity index (χ4n) is 2.77. The second-order valence-electron chi connectivity index (χ2n) is 6.09. The Morgan fingerprint density at radius 3 is 2.45 bits per heavy atom. The van der Waals surface area contributed by atoms with Crippen molar-refractivity contribution in [1.29, 1.82) is 0 Å². The second kappa shape index (κ2) is 9.32. The molecule has 6 nitrogen and oxygen atoms in total. The number of carbonyl (C=O) groups is 2. The lowest BCUT2D eigenvalue weighted by atomic mass is 9.99. The average Bonchev–Trinajstić information content (AvgIpc) is 2.72. The molecule has 1 heterocycles. The van der Waals surface area contributed by atoms with Crippen LogP contribution in [0.3, 0.4) is 0 Å². The van der Waals surface area contributed by atoms with Gasteiger partial charge in [0.2, 0.25) is 0 Å². The van der Waals surface area contributed by atoms with Crippen molar-refractivity contribution in [3.05, 3.63) is 95.8 Å². The third-order valence-corrected chi connectivity index (χ3v) is 4.03. The zero-order valence-electron chi connectivity index (χ0n) is 15.7. The van der Waals surface area contributed by atoms with Gasteiger partial charge in [-0.05, 0) is 35.4 Å². The maximum Gasteiger partial charge on any atom is 0.339 e. The van der Waals surface area contributed by atoms with E-state index in [1.54, 1.807) is 12.4 Å². The number of ether oxygens (including phenoxy) is 2. The first-order valence-corrected chi connectivity index (χ1v) is 8.89. The monoisotopic (exact) mass is 389 g/mol. The van der Waals surface area contributed by atoms with Crippen molar-refractivity contribution in [2.24, 2.45) is 0 Å². The standard InChI is InChI=1S/C23H19NO5/c1-16(25)29-22-14-19(9-10-21(22)23(26)27)28-13-11-20(17-6-3-2-4-7-17)18-8-5-12-24-15-18/h2-12,14-15H,13H2,1H3,(H,26,27). The van der Waals surface area contributed by atoms with E-state index in [0.29, 0.717) is 5.75 Å². The van der Waals surface area contributed by atoms with Crippen LogP contribution in [0.15, 0.2) is 79.1 Å². The second-order valence-corrected chi connectivity index (χ2v) is 6.09. The van der Waals surface area contributed by atoms with Gasteiger partial charge in [0, 0.05) is 30.9 Å². The van der Waals surface area contributed by atoms with Crippen molar-refractivity contribution < 1.29 is 24.2 Å². The molecule has 0 aliphatic heterocycles. The lowest BCUT2D eigenvalue weighted by Crippen LogP contribution is -2.08. The van der Waals surface area contributed by atoms with Crippen molar-refractivity contribution in [3.8, 4) is 11.5 Å². The molecule has 0 bridgehead atoms. The van der Waals surface area contributed by atoms with Crippen molar-refractivity contribution >= 4 is 17.5 Å². The number of aromatic carboxylic acids is 1. The minimum absolute atomic E-state index is 0.0537. The van der Waals surface area contributed by atoms with E-state index >= 15 is 0 Å². The van der Waals surface area contributed by atoms with Crippen LogP contribution in [0.1, 0.15) is 28.4 Å². The molecule has 0 radical (unpaired) electrons. The number of aromatic nitrogens is 1. The minimum atomic E-state index is -1.18. The number of pyridine rings is 1. The largest absolute Gasteiger partial charge is 0.489 e. The van der Waals surface area contributed by atoms with Crippen LogP contribution in [0, 0.1) is 0 Å². The van der Waals surface area contributed by atoms with Crippen LogP contribution in [0.25, 0.3) is 5.57 Å². The molecule has 1 aromatic heterocycles. The highest BCUT2D eigenvalue weighted by atomic mass is 16.5. The van der Waals surface area contributed by atoms with Crippen LogP contribution in [0.2, 0.25) is 0 Å². The Labute approximate surface area is 168 Å². The maximum absolute atomic E-state index is 11.3. The van der Waals surface area contributed by atoms with Gasteiger partial charge in [-0.3, -0.25) is 9.78 Å². The maximum atomic E-state index is 11.3. The molecule has 0 atom stereocenters. The van der Waals surface area contributed by atoms with E-state index in [9.17, 15) is 14.7 Å². The summed E-state index contributed by atoms with van der Waals surface area (Å²) in [5.74, 6) is -1.45. The van der Waals surface area contributed by atoms with E-state index in [4.69, 9.17) is 9.47 Å². The predicted octanol–water partition coefficient (Wildman–Crippen LogP) is 4.22. The van der Waals surface area contributed by atoms with Crippen LogP contribution in [0.4, 0.5) is 0 Å². The van der Waals surface area contributed by atoms with Gasteiger partial charge in [0.15, 0.2) is 0 Å². The van der Waals surface area contributed by atoms with Gasteiger partial charge in [-0.15, -0.1) is 0 Å². The van der Waals surface area contributed by atoms with E-state index in [2.05, 4.69) is 4.98 Å². The first kappa shape index (κ1) is 19.8. The number of rotatable bonds is 7. The number of benzene rings is 2. The summed E-state index contributed by atoms with van der Waals surface area (Å²) in [5, 5.41) is 9.22. The lowest BCUT2D eigenvalue weighted by Gasteiger charge is -2.11. The minimum Gasteiger partial charge on any atom is -0.489 e. The van der Waals surface area contributed by atoms with Crippen molar-refractivity contribution in [2.75, 3.05) is 6.61 Å². The third kappa shape index (κ3) is 5.29. The fourth-order valence-corrected chi connectivity index (χ4v) is 2.77. The van der Waals surface area contributed by atoms with Gasteiger partial charge in [-0.2, -0.15) is 0 Å². The Balaban J connectivity index is 1.84. The molecular weight excluding hydrogens is 370 g/mol. The highest BCUT2D eigenvalue weighted by molar-refractivity contribution is 5.92. The average molecular weight is 389 g/mol. The summed E-state index contributed by atoms with van der Waals surface area (Å²) in [7, 11) is 0. The van der Waals surface area contributed by atoms with Crippen LogP contribution in [0.5, 0.6) is 11.5 Å². The van der Waals surface area contributed by atoms with Gasteiger partial charge >= 0.3 is 11.9 Å². The van der Waals surface area contributed by atoms with E-state index in [1.807, 2.05) is 48.5 Å². The SMILES string of the molecule is CC(=O)Oc1cc(OCC=C(c2ccccc2)c2cccnc2)ccc1C(=O)O. The first-order valence-electron chi connectivity index (χ1n) is 8.89. The molecule has 146 valence electrons. The van der Waals surface area contributed by atoms with Gasteiger partial charge in [-0.1, -0.05) is 36.4 Å². The van der Waals surface area contributed by atoms with Crippen molar-refractivity contribution in [3.63, 3.8) is 0 Å². The van der Waals surface area contributed by atoms with Crippen LogP contribution in [-0.4, -0.2) is 28.6 Å². The Morgan fingerprint density at radius 1 is 1.03 bits per heavy atom. The summed E-state index contributed by atoms with van der Waals surface area (Å²) in [5.41, 5.74) is 2.82. The van der Waals surface area contributed by atoms with E-state index in [0.717, 1.165) is 16.7 Å². The first-order chi connectivity index (χ1) is 14.0. The summed E-state index contributed by atoms with van der Waals surface area (Å²) in [6, 6.07) is 17.9. The molecule has 0 saturated carbocycles. The summed E-state index contributed by atoms with van der Waals surface area (Å²) in [6.45, 7) is 1.44. The van der Waals surface area contributed by atoms with E-state index < -0.39 is 11.9 Å². The smallest absolute Gasteiger partial charge is 0.339 e. The number of hydrogen-bond acceptors (Lipinski definition) is 5. The van der Waals surface area contributed by atoms with Gasteiger partial charge in [0.1, 0.15) is 23.7 Å². The molecule has 3 aromatic rings. The molecule has 2 aromatic carbocycles. The molecule has 6 heteroatoms. The summed E-state index contributed by atoms with van der Waals surface area (Å²) < 4.78 is 10.7. The van der Waals surface area contributed by atoms with Crippen LogP contribution < -0.4 is 9.47 Å². The number of carboxylic acid groups (broad SMARTS) is 1. The number of carboxylic acids is 1. The normalized spacial score (nSPS) is 11.0. The molecule has 0 amide bonds. The molecule has 29 heavy (non-hydrogen) atoms. The van der Waals surface area contributed by atoms with E-state index in [-0.39, 0.29) is 17.9 Å². The number of carbonyl (C=O) groups excluding carboxylic acids is 1.